The molecule has 0 spiro atoms. The molecule has 0 amide bonds. The van der Waals surface area contributed by atoms with Crippen LogP contribution in [-0.2, 0) is 6.54 Å². The molecule has 0 saturated heterocycles. The van der Waals surface area contributed by atoms with Gasteiger partial charge in [-0.05, 0) is 23.8 Å². The fourth-order valence-corrected chi connectivity index (χ4v) is 2.72. The van der Waals surface area contributed by atoms with Gasteiger partial charge in [-0.15, -0.1) is 35.7 Å². The van der Waals surface area contributed by atoms with Crippen molar-refractivity contribution >= 4 is 41.7 Å². The summed E-state index contributed by atoms with van der Waals surface area (Å²) in [7, 11) is 3.39. The minimum Gasteiger partial charge on any atom is -0.481 e. The molecular weight excluding hydrogens is 435 g/mol. The van der Waals surface area contributed by atoms with Crippen LogP contribution in [0.2, 0.25) is 0 Å². The van der Waals surface area contributed by atoms with Crippen LogP contribution in [0.3, 0.4) is 0 Å². The Kier molecular flexibility index (Phi) is 10.3. The number of ether oxygens (including phenoxy) is 1. The van der Waals surface area contributed by atoms with Crippen molar-refractivity contribution in [1.82, 2.24) is 15.6 Å². The first-order chi connectivity index (χ1) is 11.3. The highest BCUT2D eigenvalue weighted by Crippen LogP contribution is 2.15. The predicted molar refractivity (Wildman–Crippen MR) is 112 cm³/mol. The van der Waals surface area contributed by atoms with Crippen molar-refractivity contribution in [2.75, 3.05) is 26.5 Å². The van der Waals surface area contributed by atoms with E-state index < -0.39 is 0 Å². The van der Waals surface area contributed by atoms with Crippen molar-refractivity contribution in [3.05, 3.63) is 54.2 Å². The van der Waals surface area contributed by atoms with E-state index in [9.17, 15) is 0 Å². The Morgan fingerprint density at radius 3 is 2.71 bits per heavy atom. The molecule has 0 aliphatic rings. The van der Waals surface area contributed by atoms with E-state index in [0.29, 0.717) is 12.4 Å². The lowest BCUT2D eigenvalue weighted by atomic mass is 10.2. The quantitative estimate of drug-likeness (QED) is 0.220. The van der Waals surface area contributed by atoms with E-state index in [4.69, 9.17) is 4.74 Å². The maximum atomic E-state index is 5.12. The Hall–Kier alpha value is -1.48. The first-order valence-corrected chi connectivity index (χ1v) is 8.41. The van der Waals surface area contributed by atoms with Crippen LogP contribution in [-0.4, -0.2) is 37.4 Å². The molecule has 2 N–H and O–H groups in total. The summed E-state index contributed by atoms with van der Waals surface area (Å²) in [6.07, 6.45) is 1.74. The molecule has 0 bridgehead atoms. The minimum absolute atomic E-state index is 0. The summed E-state index contributed by atoms with van der Waals surface area (Å²) in [6, 6.07) is 14.2. The molecule has 0 fully saturated rings. The lowest BCUT2D eigenvalue weighted by Gasteiger charge is -2.12. The van der Waals surface area contributed by atoms with Crippen LogP contribution in [0.15, 0.2) is 58.5 Å². The number of halogens is 1. The molecule has 0 saturated carbocycles. The zero-order chi connectivity index (χ0) is 16.3. The average Bonchev–Trinajstić information content (AvgIpc) is 2.62. The first kappa shape index (κ1) is 20.6. The van der Waals surface area contributed by atoms with Gasteiger partial charge in [-0.1, -0.05) is 18.2 Å². The van der Waals surface area contributed by atoms with Crippen molar-refractivity contribution in [3.63, 3.8) is 0 Å². The third kappa shape index (κ3) is 7.39. The van der Waals surface area contributed by atoms with E-state index in [0.717, 1.165) is 23.8 Å². The Labute approximate surface area is 164 Å². The monoisotopic (exact) mass is 458 g/mol. The number of hydrogen-bond donors (Lipinski definition) is 2. The molecule has 1 heterocycles. The van der Waals surface area contributed by atoms with E-state index in [-0.39, 0.29) is 24.0 Å². The number of methoxy groups -OCH3 is 1. The number of guanidine groups is 1. The number of thioether (sulfide) groups is 1. The van der Waals surface area contributed by atoms with E-state index in [1.807, 2.05) is 30.0 Å². The van der Waals surface area contributed by atoms with Crippen molar-refractivity contribution in [1.29, 1.82) is 0 Å². The fourth-order valence-electron chi connectivity index (χ4n) is 1.93. The molecule has 0 unspecified atom stereocenters. The second-order valence-corrected chi connectivity index (χ2v) is 5.89. The van der Waals surface area contributed by atoms with Crippen LogP contribution < -0.4 is 15.4 Å². The van der Waals surface area contributed by atoms with Gasteiger partial charge < -0.3 is 15.4 Å². The summed E-state index contributed by atoms with van der Waals surface area (Å²) in [5.41, 5.74) is 1.10. The van der Waals surface area contributed by atoms with Gasteiger partial charge in [-0.2, -0.15) is 0 Å². The summed E-state index contributed by atoms with van der Waals surface area (Å²) in [5, 5.41) is 6.59. The maximum absolute atomic E-state index is 5.12. The smallest absolute Gasteiger partial charge is 0.213 e. The number of nitrogens with one attached hydrogen (secondary N) is 2. The largest absolute Gasteiger partial charge is 0.481 e. The van der Waals surface area contributed by atoms with Crippen LogP contribution in [0.4, 0.5) is 0 Å². The number of aliphatic imine (C=N–C) groups is 1. The van der Waals surface area contributed by atoms with Crippen molar-refractivity contribution in [2.45, 2.75) is 11.4 Å². The van der Waals surface area contributed by atoms with Crippen LogP contribution in [0.1, 0.15) is 5.56 Å². The Morgan fingerprint density at radius 2 is 2.00 bits per heavy atom. The lowest BCUT2D eigenvalue weighted by molar-refractivity contribution is 0.397. The van der Waals surface area contributed by atoms with E-state index in [2.05, 4.69) is 44.9 Å². The first-order valence-electron chi connectivity index (χ1n) is 7.43. The number of nitrogens with zero attached hydrogens (tertiary/aromatic N) is 2. The Morgan fingerprint density at radius 1 is 1.21 bits per heavy atom. The van der Waals surface area contributed by atoms with Gasteiger partial charge in [0.05, 0.1) is 7.11 Å². The molecule has 0 atom stereocenters. The van der Waals surface area contributed by atoms with E-state index >= 15 is 0 Å². The normalized spacial score (nSPS) is 10.7. The molecule has 2 aromatic rings. The third-order valence-corrected chi connectivity index (χ3v) is 4.11. The summed E-state index contributed by atoms with van der Waals surface area (Å²) >= 11 is 1.82. The van der Waals surface area contributed by atoms with Crippen LogP contribution in [0.5, 0.6) is 5.88 Å². The average molecular weight is 458 g/mol. The molecule has 1 aromatic heterocycles. The standard InChI is InChI=1S/C17H22N4OS.HI/c1-18-17(20-10-11-23-15-6-4-3-5-7-15)21-13-14-8-9-19-16(12-14)22-2;/h3-9,12H,10-11,13H2,1-2H3,(H2,18,20,21);1H. The van der Waals surface area contributed by atoms with Crippen LogP contribution in [0, 0.1) is 0 Å². The molecule has 2 rings (SSSR count). The summed E-state index contributed by atoms with van der Waals surface area (Å²) in [4.78, 5) is 9.60. The molecule has 0 radical (unpaired) electrons. The highest BCUT2D eigenvalue weighted by atomic mass is 127. The van der Waals surface area contributed by atoms with Gasteiger partial charge in [0.25, 0.3) is 0 Å². The molecule has 7 heteroatoms. The predicted octanol–water partition coefficient (Wildman–Crippen LogP) is 3.17. The Balaban J connectivity index is 0.00000288. The maximum Gasteiger partial charge on any atom is 0.213 e. The molecular formula is C17H23IN4OS. The number of pyridine rings is 1. The van der Waals surface area contributed by atoms with Gasteiger partial charge in [0.15, 0.2) is 5.96 Å². The van der Waals surface area contributed by atoms with Gasteiger partial charge in [0.1, 0.15) is 0 Å². The topological polar surface area (TPSA) is 58.5 Å². The molecule has 5 nitrogen and oxygen atoms in total. The van der Waals surface area contributed by atoms with Crippen molar-refractivity contribution in [2.24, 2.45) is 4.99 Å². The van der Waals surface area contributed by atoms with Crippen molar-refractivity contribution < 1.29 is 4.74 Å². The Bertz CT molecular complexity index is 625. The lowest BCUT2D eigenvalue weighted by Crippen LogP contribution is -2.37. The summed E-state index contributed by atoms with van der Waals surface area (Å²) < 4.78 is 5.12. The van der Waals surface area contributed by atoms with Gasteiger partial charge in [-0.25, -0.2) is 4.98 Å². The zero-order valence-corrected chi connectivity index (χ0v) is 17.0. The van der Waals surface area contributed by atoms with Gasteiger partial charge in [-0.3, -0.25) is 4.99 Å². The third-order valence-electron chi connectivity index (χ3n) is 3.10. The van der Waals surface area contributed by atoms with Gasteiger partial charge >= 0.3 is 0 Å². The summed E-state index contributed by atoms with van der Waals surface area (Å²) in [6.45, 7) is 1.52. The van der Waals surface area contributed by atoms with E-state index in [1.165, 1.54) is 4.90 Å². The SMILES string of the molecule is CN=C(NCCSc1ccccc1)NCc1ccnc(OC)c1.I. The molecule has 0 aliphatic carbocycles. The molecule has 0 aliphatic heterocycles. The van der Waals surface area contributed by atoms with E-state index in [1.54, 1.807) is 20.4 Å². The molecule has 130 valence electrons. The van der Waals surface area contributed by atoms with Gasteiger partial charge in [0.2, 0.25) is 5.88 Å². The highest BCUT2D eigenvalue weighted by Gasteiger charge is 2.00. The minimum atomic E-state index is 0. The molecule has 1 aromatic carbocycles. The number of aromatic nitrogens is 1. The number of benzene rings is 1. The van der Waals surface area contributed by atoms with Gasteiger partial charge in [0, 0.05) is 43.0 Å². The summed E-state index contributed by atoms with van der Waals surface area (Å²) in [5.74, 6) is 2.38. The molecule has 24 heavy (non-hydrogen) atoms. The number of hydrogen-bond acceptors (Lipinski definition) is 4. The number of rotatable bonds is 7. The second-order valence-electron chi connectivity index (χ2n) is 4.72. The van der Waals surface area contributed by atoms with Crippen LogP contribution in [0.25, 0.3) is 0 Å². The van der Waals surface area contributed by atoms with Crippen molar-refractivity contribution in [3.8, 4) is 5.88 Å². The van der Waals surface area contributed by atoms with Crippen LogP contribution >= 0.6 is 35.7 Å². The zero-order valence-electron chi connectivity index (χ0n) is 13.9. The second kappa shape index (κ2) is 12.0. The highest BCUT2D eigenvalue weighted by molar-refractivity contribution is 14.0. The fraction of sp³-hybridized carbons (Fsp3) is 0.294.